The Morgan fingerprint density at radius 3 is 2.64 bits per heavy atom. The number of hydrogen-bond donors (Lipinski definition) is 0. The third-order valence-electron chi connectivity index (χ3n) is 6.51. The van der Waals surface area contributed by atoms with Crippen molar-refractivity contribution in [3.8, 4) is 5.75 Å². The highest BCUT2D eigenvalue weighted by Gasteiger charge is 2.50. The monoisotopic (exact) mass is 380 g/mol. The van der Waals surface area contributed by atoms with Crippen LogP contribution in [0.25, 0.3) is 5.57 Å². The molecule has 4 heteroatoms. The Labute approximate surface area is 166 Å². The molecule has 0 radical (unpaired) electrons. The van der Waals surface area contributed by atoms with Gasteiger partial charge >= 0.3 is 11.9 Å². The molecule has 0 aromatic heterocycles. The minimum absolute atomic E-state index is 0.0194. The summed E-state index contributed by atoms with van der Waals surface area (Å²) in [5.74, 6) is 0.161. The predicted molar refractivity (Wildman–Crippen MR) is 108 cm³/mol. The number of ether oxygens (including phenoxy) is 2. The molecule has 0 fully saturated rings. The number of carbonyl (C=O) groups excluding carboxylic acids is 2. The lowest BCUT2D eigenvalue weighted by Gasteiger charge is -2.44. The van der Waals surface area contributed by atoms with Crippen molar-refractivity contribution in [1.29, 1.82) is 0 Å². The normalized spacial score (nSPS) is 25.4. The zero-order valence-corrected chi connectivity index (χ0v) is 17.0. The maximum absolute atomic E-state index is 11.7. The van der Waals surface area contributed by atoms with Gasteiger partial charge in [-0.2, -0.15) is 0 Å². The van der Waals surface area contributed by atoms with Crippen molar-refractivity contribution in [2.24, 2.45) is 5.41 Å². The smallest absolute Gasteiger partial charge is 0.308 e. The van der Waals surface area contributed by atoms with Gasteiger partial charge in [-0.15, -0.1) is 0 Å². The summed E-state index contributed by atoms with van der Waals surface area (Å²) in [6, 6.07) is 6.02. The molecule has 0 bridgehead atoms. The molecule has 0 spiro atoms. The van der Waals surface area contributed by atoms with Gasteiger partial charge in [0.05, 0.1) is 0 Å². The quantitative estimate of drug-likeness (QED) is 0.535. The van der Waals surface area contributed by atoms with E-state index in [2.05, 4.69) is 19.1 Å². The van der Waals surface area contributed by atoms with Crippen LogP contribution in [0.4, 0.5) is 0 Å². The molecule has 0 N–H and O–H groups in total. The molecule has 0 unspecified atom stereocenters. The summed E-state index contributed by atoms with van der Waals surface area (Å²) in [5.41, 5.74) is 6.85. The minimum atomic E-state index is -0.287. The summed E-state index contributed by atoms with van der Waals surface area (Å²) in [6.07, 6.45) is 9.24. The molecule has 4 nitrogen and oxygen atoms in total. The summed E-state index contributed by atoms with van der Waals surface area (Å²) in [4.78, 5) is 22.9. The van der Waals surface area contributed by atoms with Gasteiger partial charge in [-0.05, 0) is 72.1 Å². The lowest BCUT2D eigenvalue weighted by atomic mass is 9.62. The number of hydrogen-bond acceptors (Lipinski definition) is 4. The fraction of sp³-hybridized carbons (Fsp3) is 0.500. The second-order valence-electron chi connectivity index (χ2n) is 8.23. The maximum Gasteiger partial charge on any atom is 0.308 e. The molecule has 2 atom stereocenters. The van der Waals surface area contributed by atoms with Crippen LogP contribution in [-0.4, -0.2) is 18.0 Å². The van der Waals surface area contributed by atoms with Crippen molar-refractivity contribution in [2.75, 3.05) is 0 Å². The van der Waals surface area contributed by atoms with Crippen molar-refractivity contribution >= 4 is 17.5 Å². The standard InChI is InChI=1S/C24H28O4/c1-4-12-24-13-11-20-19-8-6-18(27-15(2)25)14-17(19)5-7-21(20)22(24)9-10-23(24)28-16(3)26/h6,8-9,14,23H,4-5,7,10-13H2,1-3H3/t23-,24-/m1/s1. The second kappa shape index (κ2) is 7.23. The number of esters is 2. The number of aryl methyl sites for hydroxylation is 1. The van der Waals surface area contributed by atoms with Crippen LogP contribution in [0.1, 0.15) is 70.4 Å². The Hall–Kier alpha value is -2.36. The van der Waals surface area contributed by atoms with Crippen molar-refractivity contribution < 1.29 is 19.1 Å². The van der Waals surface area contributed by atoms with E-state index in [1.807, 2.05) is 12.1 Å². The average molecular weight is 380 g/mol. The van der Waals surface area contributed by atoms with Gasteiger partial charge in [0.2, 0.25) is 0 Å². The topological polar surface area (TPSA) is 52.6 Å². The van der Waals surface area contributed by atoms with Gasteiger partial charge in [0.25, 0.3) is 0 Å². The number of carbonyl (C=O) groups is 2. The van der Waals surface area contributed by atoms with Crippen LogP contribution >= 0.6 is 0 Å². The van der Waals surface area contributed by atoms with Crippen LogP contribution in [0.5, 0.6) is 5.75 Å². The molecule has 3 aliphatic rings. The Balaban J connectivity index is 1.71. The van der Waals surface area contributed by atoms with Crippen molar-refractivity contribution in [3.63, 3.8) is 0 Å². The lowest BCUT2D eigenvalue weighted by molar-refractivity contribution is -0.151. The Morgan fingerprint density at radius 1 is 1.11 bits per heavy atom. The van der Waals surface area contributed by atoms with Crippen LogP contribution in [0, 0.1) is 5.41 Å². The van der Waals surface area contributed by atoms with Crippen molar-refractivity contribution in [3.05, 3.63) is 46.5 Å². The molecule has 0 aliphatic heterocycles. The summed E-state index contributed by atoms with van der Waals surface area (Å²) in [6.45, 7) is 5.16. The first-order valence-electron chi connectivity index (χ1n) is 10.4. The van der Waals surface area contributed by atoms with E-state index in [1.54, 1.807) is 0 Å². The van der Waals surface area contributed by atoms with E-state index in [0.717, 1.165) is 44.9 Å². The lowest BCUT2D eigenvalue weighted by Crippen LogP contribution is -2.39. The largest absolute Gasteiger partial charge is 0.461 e. The Morgan fingerprint density at radius 2 is 1.93 bits per heavy atom. The third kappa shape index (κ3) is 3.09. The fourth-order valence-corrected chi connectivity index (χ4v) is 5.58. The number of rotatable bonds is 4. The SMILES string of the molecule is CCC[C@@]12CCC3=C(CCc4cc(OC(C)=O)ccc43)C1=CC[C@H]2OC(C)=O. The molecule has 148 valence electrons. The summed E-state index contributed by atoms with van der Waals surface area (Å²) >= 11 is 0. The van der Waals surface area contributed by atoms with E-state index in [0.29, 0.717) is 5.75 Å². The summed E-state index contributed by atoms with van der Waals surface area (Å²) < 4.78 is 11.0. The first-order chi connectivity index (χ1) is 13.4. The van der Waals surface area contributed by atoms with E-state index in [-0.39, 0.29) is 23.5 Å². The van der Waals surface area contributed by atoms with Crippen LogP contribution in [0.3, 0.4) is 0 Å². The highest BCUT2D eigenvalue weighted by atomic mass is 16.5. The minimum Gasteiger partial charge on any atom is -0.461 e. The van der Waals surface area contributed by atoms with E-state index < -0.39 is 0 Å². The molecule has 28 heavy (non-hydrogen) atoms. The maximum atomic E-state index is 11.7. The van der Waals surface area contributed by atoms with Crippen LogP contribution in [0.2, 0.25) is 0 Å². The molecule has 1 aromatic carbocycles. The highest BCUT2D eigenvalue weighted by molar-refractivity contribution is 5.80. The molecule has 1 aromatic rings. The van der Waals surface area contributed by atoms with E-state index >= 15 is 0 Å². The average Bonchev–Trinajstić information content (AvgIpc) is 2.99. The molecule has 3 aliphatic carbocycles. The molecule has 0 amide bonds. The van der Waals surface area contributed by atoms with Crippen LogP contribution in [-0.2, 0) is 20.7 Å². The third-order valence-corrected chi connectivity index (χ3v) is 6.51. The van der Waals surface area contributed by atoms with Gasteiger partial charge in [0, 0.05) is 25.7 Å². The molecular formula is C24H28O4. The number of benzene rings is 1. The van der Waals surface area contributed by atoms with Crippen LogP contribution < -0.4 is 4.74 Å². The van der Waals surface area contributed by atoms with Gasteiger partial charge in [-0.1, -0.05) is 25.5 Å². The first kappa shape index (κ1) is 19.0. The molecule has 0 heterocycles. The van der Waals surface area contributed by atoms with E-state index in [4.69, 9.17) is 9.47 Å². The zero-order valence-electron chi connectivity index (χ0n) is 17.0. The number of allylic oxidation sites excluding steroid dienone is 2. The molecule has 0 saturated heterocycles. The van der Waals surface area contributed by atoms with Gasteiger partial charge in [-0.3, -0.25) is 9.59 Å². The van der Waals surface area contributed by atoms with E-state index in [9.17, 15) is 9.59 Å². The van der Waals surface area contributed by atoms with Gasteiger partial charge in [0.15, 0.2) is 0 Å². The summed E-state index contributed by atoms with van der Waals surface area (Å²) in [7, 11) is 0. The number of fused-ring (bicyclic) bond motifs is 4. The summed E-state index contributed by atoms with van der Waals surface area (Å²) in [5, 5.41) is 0. The zero-order chi connectivity index (χ0) is 19.9. The van der Waals surface area contributed by atoms with Crippen LogP contribution in [0.15, 0.2) is 35.4 Å². The molecule has 0 saturated carbocycles. The highest BCUT2D eigenvalue weighted by Crippen LogP contribution is 2.58. The first-order valence-corrected chi connectivity index (χ1v) is 10.4. The Bertz CT molecular complexity index is 892. The van der Waals surface area contributed by atoms with Crippen molar-refractivity contribution in [1.82, 2.24) is 0 Å². The van der Waals surface area contributed by atoms with E-state index in [1.165, 1.54) is 41.7 Å². The van der Waals surface area contributed by atoms with Gasteiger partial charge in [0.1, 0.15) is 11.9 Å². The van der Waals surface area contributed by atoms with Crippen molar-refractivity contribution in [2.45, 2.75) is 71.8 Å². The Kier molecular flexibility index (Phi) is 4.90. The fourth-order valence-electron chi connectivity index (χ4n) is 5.58. The predicted octanol–water partition coefficient (Wildman–Crippen LogP) is 5.15. The molecule has 4 rings (SSSR count). The van der Waals surface area contributed by atoms with Gasteiger partial charge in [-0.25, -0.2) is 0 Å². The molecular weight excluding hydrogens is 352 g/mol. The second-order valence-corrected chi connectivity index (χ2v) is 8.23. The van der Waals surface area contributed by atoms with Gasteiger partial charge < -0.3 is 9.47 Å².